The minimum absolute atomic E-state index is 0.00959. The van der Waals surface area contributed by atoms with E-state index in [0.29, 0.717) is 28.0 Å². The van der Waals surface area contributed by atoms with E-state index in [1.165, 1.54) is 23.1 Å². The molecular formula is C26H20N2O6. The molecule has 3 aromatic carbocycles. The zero-order chi connectivity index (χ0) is 24.2. The largest absolute Gasteiger partial charge is 0.506 e. The minimum atomic E-state index is -0.586. The number of esters is 1. The third kappa shape index (κ3) is 4.42. The van der Waals surface area contributed by atoms with E-state index in [-0.39, 0.29) is 23.7 Å². The lowest BCUT2D eigenvalue weighted by Gasteiger charge is -2.21. The summed E-state index contributed by atoms with van der Waals surface area (Å²) in [6.07, 6.45) is 3.31. The van der Waals surface area contributed by atoms with Crippen LogP contribution in [-0.2, 0) is 9.53 Å². The van der Waals surface area contributed by atoms with E-state index in [4.69, 9.17) is 4.74 Å². The number of aromatic hydroxyl groups is 1. The van der Waals surface area contributed by atoms with E-state index in [1.54, 1.807) is 55.5 Å². The van der Waals surface area contributed by atoms with Gasteiger partial charge in [0.05, 0.1) is 28.5 Å². The zero-order valence-corrected chi connectivity index (χ0v) is 18.2. The van der Waals surface area contributed by atoms with Crippen molar-refractivity contribution >= 4 is 35.0 Å². The number of hydrogen-bond acceptors (Lipinski definition) is 6. The Bertz CT molecular complexity index is 1330. The maximum Gasteiger partial charge on any atom is 0.338 e. The summed E-state index contributed by atoms with van der Waals surface area (Å²) in [6, 6.07) is 19.2. The number of anilines is 1. The predicted molar refractivity (Wildman–Crippen MR) is 127 cm³/mol. The Morgan fingerprint density at radius 2 is 1.79 bits per heavy atom. The van der Waals surface area contributed by atoms with Gasteiger partial charge in [0.15, 0.2) is 0 Å². The number of nitro benzene ring substituents is 1. The standard InChI is InChI=1S/C26H20N2O6/c1-2-34-26(31)19-10-8-17(9-11-19)14-20-15-22(18-6-4-3-5-7-18)27(25(20)30)23-16-21(28(32)33)12-13-24(23)29/h3-16,29H,2H2,1H3/b20-14+. The number of phenols is 1. The third-order valence-electron chi connectivity index (χ3n) is 5.21. The topological polar surface area (TPSA) is 110 Å². The fourth-order valence-electron chi connectivity index (χ4n) is 3.59. The molecule has 1 aliphatic rings. The first kappa shape index (κ1) is 22.5. The van der Waals surface area contributed by atoms with Gasteiger partial charge in [0, 0.05) is 17.7 Å². The predicted octanol–water partition coefficient (Wildman–Crippen LogP) is 4.95. The Labute approximate surface area is 195 Å². The summed E-state index contributed by atoms with van der Waals surface area (Å²) in [6.45, 7) is 2.00. The summed E-state index contributed by atoms with van der Waals surface area (Å²) >= 11 is 0. The van der Waals surface area contributed by atoms with Gasteiger partial charge in [-0.1, -0.05) is 42.5 Å². The lowest BCUT2D eigenvalue weighted by molar-refractivity contribution is -0.384. The molecule has 0 saturated carbocycles. The Kier molecular flexibility index (Phi) is 6.22. The molecule has 0 fully saturated rings. The highest BCUT2D eigenvalue weighted by molar-refractivity contribution is 6.23. The SMILES string of the molecule is CCOC(=O)c1ccc(/C=C2\C=C(c3ccccc3)N(c3cc([N+](=O)[O-])ccc3O)C2=O)cc1. The number of amides is 1. The van der Waals surface area contributed by atoms with E-state index in [9.17, 15) is 24.8 Å². The molecule has 1 aliphatic heterocycles. The highest BCUT2D eigenvalue weighted by Gasteiger charge is 2.33. The number of hydrogen-bond donors (Lipinski definition) is 1. The molecule has 0 spiro atoms. The van der Waals surface area contributed by atoms with Gasteiger partial charge in [-0.05, 0) is 48.4 Å². The second kappa shape index (κ2) is 9.41. The summed E-state index contributed by atoms with van der Waals surface area (Å²) in [5, 5.41) is 21.8. The Morgan fingerprint density at radius 3 is 2.44 bits per heavy atom. The normalized spacial score (nSPS) is 14.3. The number of rotatable bonds is 6. The van der Waals surface area contributed by atoms with Gasteiger partial charge in [-0.15, -0.1) is 0 Å². The minimum Gasteiger partial charge on any atom is -0.506 e. The van der Waals surface area contributed by atoms with Gasteiger partial charge in [-0.25, -0.2) is 4.79 Å². The maximum atomic E-state index is 13.4. The average Bonchev–Trinajstić information content (AvgIpc) is 3.16. The van der Waals surface area contributed by atoms with Crippen LogP contribution in [0.25, 0.3) is 11.8 Å². The van der Waals surface area contributed by atoms with Crippen LogP contribution in [-0.4, -0.2) is 28.5 Å². The molecule has 0 aromatic heterocycles. The number of nitrogens with zero attached hydrogens (tertiary/aromatic N) is 2. The van der Waals surface area contributed by atoms with E-state index < -0.39 is 16.8 Å². The summed E-state index contributed by atoms with van der Waals surface area (Å²) in [7, 11) is 0. The fourth-order valence-corrected chi connectivity index (χ4v) is 3.59. The quantitative estimate of drug-likeness (QED) is 0.243. The molecule has 8 nitrogen and oxygen atoms in total. The Morgan fingerprint density at radius 1 is 1.09 bits per heavy atom. The van der Waals surface area contributed by atoms with Crippen molar-refractivity contribution in [3.8, 4) is 5.75 Å². The molecule has 4 rings (SSSR count). The van der Waals surface area contributed by atoms with Crippen LogP contribution in [0.4, 0.5) is 11.4 Å². The van der Waals surface area contributed by atoms with Crippen LogP contribution in [0.3, 0.4) is 0 Å². The van der Waals surface area contributed by atoms with Crippen LogP contribution in [0.1, 0.15) is 28.4 Å². The van der Waals surface area contributed by atoms with Crippen molar-refractivity contribution in [2.75, 3.05) is 11.5 Å². The highest BCUT2D eigenvalue weighted by Crippen LogP contribution is 2.41. The van der Waals surface area contributed by atoms with Crippen LogP contribution >= 0.6 is 0 Å². The number of phenolic OH excluding ortho intramolecular Hbond substituents is 1. The van der Waals surface area contributed by atoms with Gasteiger partial charge in [0.25, 0.3) is 11.6 Å². The van der Waals surface area contributed by atoms with Gasteiger partial charge >= 0.3 is 5.97 Å². The Balaban J connectivity index is 1.77. The van der Waals surface area contributed by atoms with Crippen molar-refractivity contribution in [1.82, 2.24) is 0 Å². The fraction of sp³-hybridized carbons (Fsp3) is 0.0769. The number of carbonyl (C=O) groups is 2. The molecule has 1 amide bonds. The van der Waals surface area contributed by atoms with Gasteiger partial charge in [-0.2, -0.15) is 0 Å². The van der Waals surface area contributed by atoms with Crippen LogP contribution < -0.4 is 4.90 Å². The zero-order valence-electron chi connectivity index (χ0n) is 18.2. The van der Waals surface area contributed by atoms with Crippen molar-refractivity contribution in [2.45, 2.75) is 6.92 Å². The molecule has 0 bridgehead atoms. The first-order chi connectivity index (χ1) is 16.4. The molecular weight excluding hydrogens is 436 g/mol. The molecule has 0 radical (unpaired) electrons. The number of nitro groups is 1. The van der Waals surface area contributed by atoms with E-state index in [2.05, 4.69) is 0 Å². The molecule has 0 saturated heterocycles. The lowest BCUT2D eigenvalue weighted by Crippen LogP contribution is -2.25. The maximum absolute atomic E-state index is 13.4. The molecule has 1 N–H and O–H groups in total. The summed E-state index contributed by atoms with van der Waals surface area (Å²) in [5.41, 5.74) is 2.30. The Hall–Kier alpha value is -4.72. The van der Waals surface area contributed by atoms with Gasteiger partial charge in [0.2, 0.25) is 0 Å². The van der Waals surface area contributed by atoms with Crippen LogP contribution in [0.2, 0.25) is 0 Å². The smallest absolute Gasteiger partial charge is 0.338 e. The summed E-state index contributed by atoms with van der Waals surface area (Å²) in [4.78, 5) is 37.3. The van der Waals surface area contributed by atoms with E-state index in [0.717, 1.165) is 0 Å². The second-order valence-corrected chi connectivity index (χ2v) is 7.41. The summed E-state index contributed by atoms with van der Waals surface area (Å²) in [5.74, 6) is -1.15. The number of carbonyl (C=O) groups excluding carboxylic acids is 2. The monoisotopic (exact) mass is 456 g/mol. The molecule has 34 heavy (non-hydrogen) atoms. The summed E-state index contributed by atoms with van der Waals surface area (Å²) < 4.78 is 4.99. The molecule has 3 aromatic rings. The van der Waals surface area contributed by atoms with Crippen molar-refractivity contribution in [1.29, 1.82) is 0 Å². The lowest BCUT2D eigenvalue weighted by atomic mass is 10.1. The van der Waals surface area contributed by atoms with Gasteiger partial charge < -0.3 is 9.84 Å². The average molecular weight is 456 g/mol. The molecule has 170 valence electrons. The van der Waals surface area contributed by atoms with Crippen LogP contribution in [0, 0.1) is 10.1 Å². The number of non-ortho nitro benzene ring substituents is 1. The van der Waals surface area contributed by atoms with Gasteiger partial charge in [-0.3, -0.25) is 19.8 Å². The van der Waals surface area contributed by atoms with Crippen molar-refractivity contribution < 1.29 is 24.4 Å². The first-order valence-corrected chi connectivity index (χ1v) is 10.5. The molecule has 0 unspecified atom stereocenters. The van der Waals surface area contributed by atoms with Crippen molar-refractivity contribution in [3.05, 3.63) is 111 Å². The highest BCUT2D eigenvalue weighted by atomic mass is 16.6. The van der Waals surface area contributed by atoms with Crippen LogP contribution in [0.15, 0.2) is 84.4 Å². The number of ether oxygens (including phenoxy) is 1. The molecule has 8 heteroatoms. The molecule has 0 aliphatic carbocycles. The third-order valence-corrected chi connectivity index (χ3v) is 5.21. The molecule has 1 heterocycles. The second-order valence-electron chi connectivity index (χ2n) is 7.41. The first-order valence-electron chi connectivity index (χ1n) is 10.5. The number of benzene rings is 3. The van der Waals surface area contributed by atoms with E-state index >= 15 is 0 Å². The van der Waals surface area contributed by atoms with Crippen molar-refractivity contribution in [2.24, 2.45) is 0 Å². The van der Waals surface area contributed by atoms with Crippen molar-refractivity contribution in [3.63, 3.8) is 0 Å². The van der Waals surface area contributed by atoms with Crippen LogP contribution in [0.5, 0.6) is 5.75 Å². The molecule has 0 atom stereocenters. The van der Waals surface area contributed by atoms with Gasteiger partial charge in [0.1, 0.15) is 5.75 Å². The van der Waals surface area contributed by atoms with E-state index in [1.807, 2.05) is 18.2 Å².